The van der Waals surface area contributed by atoms with E-state index >= 15 is 0 Å². The predicted octanol–water partition coefficient (Wildman–Crippen LogP) is 0.888. The Bertz CT molecular complexity index is 1370. The van der Waals surface area contributed by atoms with Gasteiger partial charge in [-0.15, -0.1) is 0 Å². The average molecular weight is 579 g/mol. The molecule has 3 heterocycles. The minimum absolute atomic E-state index is 0.0809. The molecule has 0 spiro atoms. The first-order valence-electron chi connectivity index (χ1n) is 14.1. The molecule has 13 heteroatoms. The number of fused-ring (bicyclic) bond motifs is 2. The number of benzene rings is 1. The van der Waals surface area contributed by atoms with Gasteiger partial charge >= 0.3 is 0 Å². The lowest BCUT2D eigenvalue weighted by atomic mass is 10.1. The zero-order chi connectivity index (χ0) is 29.9. The van der Waals surface area contributed by atoms with Crippen LogP contribution in [0.1, 0.15) is 46.7 Å². The summed E-state index contributed by atoms with van der Waals surface area (Å²) in [5.41, 5.74) is 2.90. The van der Waals surface area contributed by atoms with E-state index in [1.807, 2.05) is 19.9 Å². The monoisotopic (exact) mass is 578 g/mol. The van der Waals surface area contributed by atoms with E-state index in [-0.39, 0.29) is 50.3 Å². The summed E-state index contributed by atoms with van der Waals surface area (Å²) in [6.07, 6.45) is 4.72. The summed E-state index contributed by atoms with van der Waals surface area (Å²) in [4.78, 5) is 60.5. The number of nitrogens with zero attached hydrogens (tertiary/aromatic N) is 4. The second-order valence-electron chi connectivity index (χ2n) is 10.2. The lowest BCUT2D eigenvalue weighted by Crippen LogP contribution is -2.48. The predicted molar refractivity (Wildman–Crippen MR) is 154 cm³/mol. The molecular formula is C29H38N8O5. The van der Waals surface area contributed by atoms with Crippen LogP contribution in [-0.4, -0.2) is 87.1 Å². The molecule has 4 N–H and O–H groups in total. The SMILES string of the molecule is Cc1cc(C)n(CCC(=O)N2CCCCNC(=O)[C@H](Cc3cnc[nH]3)NC(=O)c3cccc(c3)OCCNC(=O)C2)n1. The molecule has 42 heavy (non-hydrogen) atoms. The Labute approximate surface area is 244 Å². The van der Waals surface area contributed by atoms with Gasteiger partial charge in [-0.2, -0.15) is 5.10 Å². The Balaban J connectivity index is 1.43. The number of carbonyl (C=O) groups is 4. The van der Waals surface area contributed by atoms with Gasteiger partial charge in [0, 0.05) is 55.6 Å². The Morgan fingerprint density at radius 2 is 1.95 bits per heavy atom. The number of H-pyrrole nitrogens is 1. The van der Waals surface area contributed by atoms with Crippen molar-refractivity contribution in [2.24, 2.45) is 0 Å². The highest BCUT2D eigenvalue weighted by molar-refractivity contribution is 5.98. The van der Waals surface area contributed by atoms with Gasteiger partial charge < -0.3 is 30.6 Å². The molecular weight excluding hydrogens is 540 g/mol. The van der Waals surface area contributed by atoms with Crippen LogP contribution in [0.4, 0.5) is 0 Å². The molecule has 3 aromatic rings. The number of aromatic amines is 1. The van der Waals surface area contributed by atoms with Crippen LogP contribution in [0.5, 0.6) is 5.75 Å². The van der Waals surface area contributed by atoms with E-state index in [4.69, 9.17) is 4.74 Å². The smallest absolute Gasteiger partial charge is 0.252 e. The molecule has 0 radical (unpaired) electrons. The number of rotatable bonds is 5. The van der Waals surface area contributed by atoms with E-state index < -0.39 is 11.9 Å². The average Bonchev–Trinajstić information content (AvgIpc) is 3.60. The summed E-state index contributed by atoms with van der Waals surface area (Å²) in [6, 6.07) is 7.73. The number of hydrogen-bond donors (Lipinski definition) is 4. The third-order valence-electron chi connectivity index (χ3n) is 6.87. The number of nitrogens with one attached hydrogen (secondary N) is 4. The van der Waals surface area contributed by atoms with Crippen molar-refractivity contribution < 1.29 is 23.9 Å². The maximum atomic E-state index is 13.1. The second-order valence-corrected chi connectivity index (χ2v) is 10.2. The second kappa shape index (κ2) is 14.8. The molecule has 0 saturated heterocycles. The largest absolute Gasteiger partial charge is 0.492 e. The standard InChI is InChI=1S/C29H38N8O5/c1-20-14-21(2)37(35-20)12-8-27(39)36-11-4-3-9-32-29(41)25(16-23-17-30-19-33-23)34-28(40)22-6-5-7-24(15-22)42-13-10-31-26(38)18-36/h5-7,14-15,17,19,25H,3-4,8-13,16,18H2,1-2H3,(H,30,33)(H,31,38)(H,32,41)(H,34,40)/t25-/m0/s1. The molecule has 1 atom stereocenters. The maximum Gasteiger partial charge on any atom is 0.252 e. The van der Waals surface area contributed by atoms with Crippen LogP contribution in [-0.2, 0) is 27.3 Å². The van der Waals surface area contributed by atoms with E-state index in [0.29, 0.717) is 49.5 Å². The number of ether oxygens (including phenoxy) is 1. The third-order valence-corrected chi connectivity index (χ3v) is 6.87. The summed E-state index contributed by atoms with van der Waals surface area (Å²) in [6.45, 7) is 5.29. The highest BCUT2D eigenvalue weighted by atomic mass is 16.5. The van der Waals surface area contributed by atoms with Crippen LogP contribution in [0.3, 0.4) is 0 Å². The quantitative estimate of drug-likeness (QED) is 0.349. The number of amides is 4. The Morgan fingerprint density at radius 3 is 2.71 bits per heavy atom. The van der Waals surface area contributed by atoms with Gasteiger partial charge in [0.1, 0.15) is 18.4 Å². The fraction of sp³-hybridized carbons (Fsp3) is 0.448. The maximum absolute atomic E-state index is 13.1. The minimum atomic E-state index is -0.834. The van der Waals surface area contributed by atoms with Crippen LogP contribution < -0.4 is 20.7 Å². The molecule has 0 saturated carbocycles. The minimum Gasteiger partial charge on any atom is -0.492 e. The van der Waals surface area contributed by atoms with Gasteiger partial charge in [-0.1, -0.05) is 6.07 Å². The highest BCUT2D eigenvalue weighted by Gasteiger charge is 2.23. The molecule has 0 fully saturated rings. The first kappa shape index (κ1) is 30.3. The fourth-order valence-corrected chi connectivity index (χ4v) is 4.70. The third kappa shape index (κ3) is 8.91. The molecule has 224 valence electrons. The van der Waals surface area contributed by atoms with Crippen molar-refractivity contribution >= 4 is 23.6 Å². The summed E-state index contributed by atoms with van der Waals surface area (Å²) in [5.74, 6) is -0.742. The molecule has 1 aromatic carbocycles. The van der Waals surface area contributed by atoms with Crippen LogP contribution in [0, 0.1) is 13.8 Å². The first-order valence-corrected chi connectivity index (χ1v) is 14.1. The van der Waals surface area contributed by atoms with E-state index in [2.05, 4.69) is 31.0 Å². The van der Waals surface area contributed by atoms with Crippen molar-refractivity contribution in [3.05, 3.63) is 65.5 Å². The Morgan fingerprint density at radius 1 is 1.10 bits per heavy atom. The van der Waals surface area contributed by atoms with E-state index in [1.165, 1.54) is 6.33 Å². The molecule has 4 rings (SSSR count). The van der Waals surface area contributed by atoms with Gasteiger partial charge in [0.2, 0.25) is 17.7 Å². The van der Waals surface area contributed by atoms with Crippen molar-refractivity contribution in [3.63, 3.8) is 0 Å². The number of aryl methyl sites for hydroxylation is 3. The molecule has 1 aliphatic heterocycles. The van der Waals surface area contributed by atoms with E-state index in [0.717, 1.165) is 11.4 Å². The van der Waals surface area contributed by atoms with Gasteiger partial charge in [0.05, 0.1) is 25.1 Å². The lowest BCUT2D eigenvalue weighted by molar-refractivity contribution is -0.136. The van der Waals surface area contributed by atoms with Crippen LogP contribution in [0.15, 0.2) is 42.9 Å². The zero-order valence-electron chi connectivity index (χ0n) is 24.0. The highest BCUT2D eigenvalue weighted by Crippen LogP contribution is 2.14. The molecule has 2 aromatic heterocycles. The molecule has 1 aliphatic rings. The van der Waals surface area contributed by atoms with Crippen molar-refractivity contribution in [2.45, 2.75) is 52.1 Å². The fourth-order valence-electron chi connectivity index (χ4n) is 4.70. The lowest BCUT2D eigenvalue weighted by Gasteiger charge is -2.23. The molecule has 13 nitrogen and oxygen atoms in total. The van der Waals surface area contributed by atoms with Crippen LogP contribution in [0.2, 0.25) is 0 Å². The van der Waals surface area contributed by atoms with Crippen LogP contribution >= 0.6 is 0 Å². The zero-order valence-corrected chi connectivity index (χ0v) is 24.0. The van der Waals surface area contributed by atoms with Crippen molar-refractivity contribution in [2.75, 3.05) is 32.8 Å². The summed E-state index contributed by atoms with van der Waals surface area (Å²) in [5, 5.41) is 12.9. The molecule has 0 aliphatic carbocycles. The summed E-state index contributed by atoms with van der Waals surface area (Å²) in [7, 11) is 0. The van der Waals surface area contributed by atoms with Gasteiger partial charge in [-0.25, -0.2) is 4.98 Å². The van der Waals surface area contributed by atoms with Gasteiger partial charge in [-0.05, 0) is 51.0 Å². The topological polar surface area (TPSA) is 163 Å². The van der Waals surface area contributed by atoms with E-state index in [9.17, 15) is 19.2 Å². The van der Waals surface area contributed by atoms with E-state index in [1.54, 1.807) is 40.0 Å². The number of imidazole rings is 1. The van der Waals surface area contributed by atoms with Crippen molar-refractivity contribution in [1.82, 2.24) is 40.6 Å². The van der Waals surface area contributed by atoms with Gasteiger partial charge in [0.25, 0.3) is 5.91 Å². The Hall–Kier alpha value is -4.68. The molecule has 0 unspecified atom stereocenters. The van der Waals surface area contributed by atoms with Gasteiger partial charge in [-0.3, -0.25) is 23.9 Å². The number of carbonyl (C=O) groups excluding carboxylic acids is 4. The first-order chi connectivity index (χ1) is 20.3. The van der Waals surface area contributed by atoms with Crippen molar-refractivity contribution in [1.29, 1.82) is 0 Å². The number of hydrogen-bond acceptors (Lipinski definition) is 7. The summed E-state index contributed by atoms with van der Waals surface area (Å²) >= 11 is 0. The molecule has 4 amide bonds. The summed E-state index contributed by atoms with van der Waals surface area (Å²) < 4.78 is 7.53. The van der Waals surface area contributed by atoms with Gasteiger partial charge in [0.15, 0.2) is 0 Å². The van der Waals surface area contributed by atoms with Crippen molar-refractivity contribution in [3.8, 4) is 5.75 Å². The Kier molecular flexibility index (Phi) is 10.7. The number of aromatic nitrogens is 4. The normalized spacial score (nSPS) is 17.6. The molecule has 2 bridgehead atoms. The van der Waals surface area contributed by atoms with Crippen LogP contribution in [0.25, 0.3) is 0 Å².